The Labute approximate surface area is 273 Å². The molecule has 2 aromatic carbocycles. The van der Waals surface area contributed by atoms with E-state index in [-0.39, 0.29) is 23.9 Å². The number of carboxylic acid groups (broad SMARTS) is 2. The van der Waals surface area contributed by atoms with Gasteiger partial charge in [-0.2, -0.15) is 26.3 Å². The van der Waals surface area contributed by atoms with Gasteiger partial charge in [0.1, 0.15) is 0 Å². The number of carboxylic acids is 2. The normalized spacial score (nSPS) is 26.2. The number of nitrogens with one attached hydrogen (secondary N) is 1. The maximum Gasteiger partial charge on any atom is 0.490 e. The number of aromatic amines is 1. The zero-order valence-corrected chi connectivity index (χ0v) is 25.4. The number of hydrogen-bond acceptors (Lipinski definition) is 7. The van der Waals surface area contributed by atoms with Crippen molar-refractivity contribution in [3.8, 4) is 11.5 Å². The number of aliphatic imine (C=N–C) groups is 1. The Hall–Kier alpha value is -4.71. The lowest BCUT2D eigenvalue weighted by atomic mass is 9.49. The van der Waals surface area contributed by atoms with Crippen LogP contribution in [0.3, 0.4) is 0 Å². The third kappa shape index (κ3) is 5.65. The molecule has 1 saturated carbocycles. The molecule has 0 unspecified atom stereocenters. The third-order valence-electron chi connectivity index (χ3n) is 9.89. The first kappa shape index (κ1) is 34.2. The number of likely N-dealkylation sites (tertiary alicyclic amines) is 1. The van der Waals surface area contributed by atoms with Crippen LogP contribution in [0.15, 0.2) is 35.3 Å². The van der Waals surface area contributed by atoms with Gasteiger partial charge in [0.25, 0.3) is 0 Å². The van der Waals surface area contributed by atoms with Crippen molar-refractivity contribution in [1.29, 1.82) is 0 Å². The molecule has 18 heteroatoms. The van der Waals surface area contributed by atoms with Gasteiger partial charge in [0.05, 0.1) is 22.4 Å². The molecule has 3 aromatic rings. The molecule has 0 amide bonds. The topological polar surface area (TPSA) is 208 Å². The Kier molecular flexibility index (Phi) is 7.97. The highest BCUT2D eigenvalue weighted by atomic mass is 19.4. The predicted molar refractivity (Wildman–Crippen MR) is 159 cm³/mol. The van der Waals surface area contributed by atoms with Crippen LogP contribution in [-0.4, -0.2) is 85.3 Å². The number of H-pyrrole nitrogens is 1. The number of guanidine groups is 1. The van der Waals surface area contributed by atoms with Gasteiger partial charge >= 0.3 is 24.3 Å². The summed E-state index contributed by atoms with van der Waals surface area (Å²) in [4.78, 5) is 28.2. The maximum absolute atomic E-state index is 12.9. The number of rotatable bonds is 3. The number of carbonyl (C=O) groups is 2. The lowest BCUT2D eigenvalue weighted by molar-refractivity contribution is -0.193. The number of aromatic nitrogens is 1. The van der Waals surface area contributed by atoms with E-state index in [0.717, 1.165) is 59.6 Å². The summed E-state index contributed by atoms with van der Waals surface area (Å²) < 4.78 is 70.1. The highest BCUT2D eigenvalue weighted by Crippen LogP contribution is 2.69. The number of aliphatic hydroxyl groups is 1. The van der Waals surface area contributed by atoms with Gasteiger partial charge in [-0.25, -0.2) is 14.6 Å². The average molecular weight is 700 g/mol. The molecular formula is C31H31F6N5O7. The molecule has 2 bridgehead atoms. The van der Waals surface area contributed by atoms with Crippen molar-refractivity contribution in [2.75, 3.05) is 13.1 Å². The number of aliphatic carboxylic acids is 2. The minimum atomic E-state index is -5.08. The Morgan fingerprint density at radius 1 is 1.04 bits per heavy atom. The molecule has 0 radical (unpaired) electrons. The number of nitrogens with two attached hydrogens (primary N) is 2. The zero-order chi connectivity index (χ0) is 35.8. The van der Waals surface area contributed by atoms with Crippen LogP contribution in [0.1, 0.15) is 47.8 Å². The quantitative estimate of drug-likeness (QED) is 0.120. The fraction of sp³-hybridized carbons (Fsp3) is 0.452. The van der Waals surface area contributed by atoms with Gasteiger partial charge in [-0.3, -0.25) is 4.90 Å². The minimum absolute atomic E-state index is 0.00457. The van der Waals surface area contributed by atoms with Crippen LogP contribution in [0.4, 0.5) is 32.0 Å². The molecule has 3 heterocycles. The van der Waals surface area contributed by atoms with E-state index in [1.165, 1.54) is 18.4 Å². The number of phenols is 1. The van der Waals surface area contributed by atoms with E-state index in [9.17, 15) is 36.6 Å². The van der Waals surface area contributed by atoms with Gasteiger partial charge in [-0.15, -0.1) is 0 Å². The third-order valence-corrected chi connectivity index (χ3v) is 9.89. The maximum atomic E-state index is 12.9. The molecule has 2 aliphatic heterocycles. The Morgan fingerprint density at radius 3 is 2.24 bits per heavy atom. The second-order valence-corrected chi connectivity index (χ2v) is 12.8. The molecule has 5 aliphatic rings. The smallest absolute Gasteiger partial charge is 0.490 e. The van der Waals surface area contributed by atoms with E-state index < -0.39 is 35.3 Å². The minimum Gasteiger partial charge on any atom is -0.504 e. The molecule has 264 valence electrons. The van der Waals surface area contributed by atoms with Crippen molar-refractivity contribution in [2.45, 2.75) is 67.6 Å². The highest BCUT2D eigenvalue weighted by molar-refractivity contribution is 5.90. The zero-order valence-electron chi connectivity index (χ0n) is 25.4. The number of piperidine rings is 1. The van der Waals surface area contributed by atoms with Gasteiger partial charge in [-0.05, 0) is 73.5 Å². The van der Waals surface area contributed by atoms with E-state index in [4.69, 9.17) is 36.0 Å². The molecule has 12 nitrogen and oxygen atoms in total. The van der Waals surface area contributed by atoms with Gasteiger partial charge < -0.3 is 41.6 Å². The fourth-order valence-electron chi connectivity index (χ4n) is 7.83. The second kappa shape index (κ2) is 11.4. The van der Waals surface area contributed by atoms with Crippen LogP contribution in [0.25, 0.3) is 10.9 Å². The second-order valence-electron chi connectivity index (χ2n) is 12.8. The monoisotopic (exact) mass is 699 g/mol. The van der Waals surface area contributed by atoms with Gasteiger partial charge in [0.2, 0.25) is 0 Å². The number of alkyl halides is 6. The van der Waals surface area contributed by atoms with Gasteiger partial charge in [-0.1, -0.05) is 6.07 Å². The van der Waals surface area contributed by atoms with Crippen LogP contribution in [0.5, 0.6) is 11.5 Å². The van der Waals surface area contributed by atoms with Crippen molar-refractivity contribution in [3.05, 3.63) is 52.7 Å². The Bertz CT molecular complexity index is 1850. The number of phenolic OH excluding ortho intramolecular Hbond substituents is 1. The van der Waals surface area contributed by atoms with E-state index >= 15 is 0 Å². The van der Waals surface area contributed by atoms with Crippen LogP contribution in [0.2, 0.25) is 0 Å². The summed E-state index contributed by atoms with van der Waals surface area (Å²) in [6, 6.07) is 9.64. The Balaban J connectivity index is 0.000000253. The van der Waals surface area contributed by atoms with Crippen LogP contribution >= 0.6 is 0 Å². The summed E-state index contributed by atoms with van der Waals surface area (Å²) in [6.07, 6.45) is -5.90. The summed E-state index contributed by atoms with van der Waals surface area (Å²) in [7, 11) is 0. The molecule has 9 N–H and O–H groups in total. The summed E-state index contributed by atoms with van der Waals surface area (Å²) in [6.45, 7) is 1.98. The largest absolute Gasteiger partial charge is 0.504 e. The van der Waals surface area contributed by atoms with Crippen LogP contribution < -0.4 is 16.2 Å². The number of nitrogens with zero attached hydrogens (tertiary/aromatic N) is 2. The lowest BCUT2D eigenvalue weighted by Gasteiger charge is -2.62. The van der Waals surface area contributed by atoms with E-state index in [1.807, 2.05) is 24.3 Å². The van der Waals surface area contributed by atoms with Crippen molar-refractivity contribution >= 4 is 34.5 Å². The summed E-state index contributed by atoms with van der Waals surface area (Å²) >= 11 is 0. The van der Waals surface area contributed by atoms with Gasteiger partial charge in [0.15, 0.2) is 23.6 Å². The molecular weight excluding hydrogens is 668 g/mol. The summed E-state index contributed by atoms with van der Waals surface area (Å²) in [5.74, 6) is -4.05. The molecule has 2 fully saturated rings. The molecule has 1 spiro atoms. The molecule has 8 rings (SSSR count). The first-order valence-electron chi connectivity index (χ1n) is 15.1. The van der Waals surface area contributed by atoms with Gasteiger partial charge in [0, 0.05) is 35.5 Å². The number of benzene rings is 2. The number of fused-ring (bicyclic) bond motifs is 4. The first-order valence-corrected chi connectivity index (χ1v) is 15.1. The van der Waals surface area contributed by atoms with E-state index in [1.54, 1.807) is 6.07 Å². The van der Waals surface area contributed by atoms with Crippen molar-refractivity contribution < 1.29 is 61.1 Å². The number of halogens is 6. The molecule has 3 aliphatic carbocycles. The lowest BCUT2D eigenvalue weighted by Crippen LogP contribution is -2.74. The van der Waals surface area contributed by atoms with Crippen LogP contribution in [-0.2, 0) is 27.8 Å². The standard InChI is InChI=1S/C27H29N5O3.2C2HF3O2/c28-25(29)30-15-4-5-18-16(10-15)17-11-27(34)20-9-14-3-6-19(33)23-21(14)26(27,24(35-23)22(17)31-18)7-8-32(20)12-13-1-2-13;2*3-2(4,5)1(6)7/h3-6,10,13,20,24,31,33-34H,1-2,7-9,11-12H2,(H4,28,29,30);2*(H,6,7)/t20-,24-,26-,27+;;/m0../s1. The van der Waals surface area contributed by atoms with E-state index in [0.29, 0.717) is 17.9 Å². The predicted octanol–water partition coefficient (Wildman–Crippen LogP) is 3.74. The van der Waals surface area contributed by atoms with Crippen molar-refractivity contribution in [3.63, 3.8) is 0 Å². The first-order chi connectivity index (χ1) is 22.8. The molecule has 1 saturated heterocycles. The number of ether oxygens (including phenoxy) is 1. The van der Waals surface area contributed by atoms with Crippen LogP contribution in [0, 0.1) is 5.92 Å². The SMILES string of the molecule is NC(N)=Nc1ccc2[nH]c3c(c2c1)C[C@@]1(O)[C@@H]2Cc4ccc(O)c5c4[C@@]1(CCN2CC1CC1)[C@H]3O5.O=C(O)C(F)(F)F.O=C(O)C(F)(F)F. The summed E-state index contributed by atoms with van der Waals surface area (Å²) in [5.41, 5.74) is 15.6. The average Bonchev–Trinajstić information content (AvgIpc) is 3.64. The molecule has 1 aromatic heterocycles. The fourth-order valence-corrected chi connectivity index (χ4v) is 7.83. The Morgan fingerprint density at radius 2 is 1.67 bits per heavy atom. The van der Waals surface area contributed by atoms with Crippen molar-refractivity contribution in [2.24, 2.45) is 22.4 Å². The number of aromatic hydroxyl groups is 1. The molecule has 4 atom stereocenters. The summed E-state index contributed by atoms with van der Waals surface area (Å²) in [5, 5.41) is 38.9. The highest BCUT2D eigenvalue weighted by Gasteiger charge is 2.72. The number of hydrogen-bond donors (Lipinski definition) is 7. The van der Waals surface area contributed by atoms with Crippen molar-refractivity contribution in [1.82, 2.24) is 9.88 Å². The molecule has 49 heavy (non-hydrogen) atoms. The van der Waals surface area contributed by atoms with E-state index in [2.05, 4.69) is 14.9 Å².